The van der Waals surface area contributed by atoms with Gasteiger partial charge in [-0.3, -0.25) is 0 Å². The van der Waals surface area contributed by atoms with Gasteiger partial charge < -0.3 is 15.0 Å². The Morgan fingerprint density at radius 2 is 1.95 bits per heavy atom. The molecule has 108 valence electrons. The Morgan fingerprint density at radius 3 is 2.60 bits per heavy atom. The highest BCUT2D eigenvalue weighted by molar-refractivity contribution is 5.26. The first-order valence-electron chi connectivity index (χ1n) is 7.06. The minimum absolute atomic E-state index is 0.301. The largest absolute Gasteiger partial charge is 0.508 e. The molecule has 20 heavy (non-hydrogen) atoms. The van der Waals surface area contributed by atoms with Crippen molar-refractivity contribution in [1.82, 2.24) is 14.9 Å². The molecule has 0 aliphatic heterocycles. The summed E-state index contributed by atoms with van der Waals surface area (Å²) in [5, 5.41) is 12.8. The summed E-state index contributed by atoms with van der Waals surface area (Å²) in [5.41, 5.74) is 2.35. The van der Waals surface area contributed by atoms with Crippen LogP contribution in [-0.4, -0.2) is 21.2 Å². The number of nitrogens with one attached hydrogen (secondary N) is 1. The molecule has 0 atom stereocenters. The van der Waals surface area contributed by atoms with Gasteiger partial charge in [0.2, 0.25) is 0 Å². The van der Waals surface area contributed by atoms with Gasteiger partial charge in [0.05, 0.1) is 5.69 Å². The predicted octanol–water partition coefficient (Wildman–Crippen LogP) is 2.69. The molecule has 2 aromatic rings. The lowest BCUT2D eigenvalue weighted by atomic mass is 10.2. The number of nitrogens with zero attached hydrogens (tertiary/aromatic N) is 2. The van der Waals surface area contributed by atoms with Gasteiger partial charge in [0.25, 0.3) is 0 Å². The molecule has 1 aromatic carbocycles. The fourth-order valence-electron chi connectivity index (χ4n) is 2.15. The average Bonchev–Trinajstić information content (AvgIpc) is 2.74. The number of aromatic hydroxyl groups is 1. The third-order valence-electron chi connectivity index (χ3n) is 3.27. The van der Waals surface area contributed by atoms with Crippen molar-refractivity contribution in [2.75, 3.05) is 6.54 Å². The Hall–Kier alpha value is -1.81. The van der Waals surface area contributed by atoms with E-state index in [0.717, 1.165) is 31.0 Å². The second-order valence-electron chi connectivity index (χ2n) is 5.57. The molecule has 0 spiro atoms. The summed E-state index contributed by atoms with van der Waals surface area (Å²) >= 11 is 0. The zero-order valence-electron chi connectivity index (χ0n) is 12.4. The first kappa shape index (κ1) is 14.6. The first-order valence-corrected chi connectivity index (χ1v) is 7.06. The molecule has 0 aliphatic carbocycles. The Balaban J connectivity index is 2.06. The second kappa shape index (κ2) is 6.57. The zero-order valence-corrected chi connectivity index (χ0v) is 12.4. The molecule has 0 saturated carbocycles. The topological polar surface area (TPSA) is 50.1 Å². The lowest BCUT2D eigenvalue weighted by Crippen LogP contribution is -2.21. The van der Waals surface area contributed by atoms with Crippen molar-refractivity contribution >= 4 is 0 Å². The summed E-state index contributed by atoms with van der Waals surface area (Å²) in [6.07, 6.45) is 1.93. The zero-order chi connectivity index (χ0) is 14.5. The average molecular weight is 273 g/mol. The molecule has 2 N–H and O–H groups in total. The number of imidazole rings is 1. The number of rotatable bonds is 6. The lowest BCUT2D eigenvalue weighted by molar-refractivity contribution is 0.475. The number of phenolic OH excluding ortho intramolecular Hbond substituents is 1. The highest BCUT2D eigenvalue weighted by Gasteiger charge is 2.07. The second-order valence-corrected chi connectivity index (χ2v) is 5.57. The van der Waals surface area contributed by atoms with Crippen LogP contribution >= 0.6 is 0 Å². The summed E-state index contributed by atoms with van der Waals surface area (Å²) in [7, 11) is 0. The Kier molecular flexibility index (Phi) is 4.79. The highest BCUT2D eigenvalue weighted by atomic mass is 16.3. The SMILES string of the molecule is Cc1ncc(CNCC(C)C)n1Cc1ccc(O)cc1. The Bertz CT molecular complexity index is 543. The molecule has 0 unspecified atom stereocenters. The maximum absolute atomic E-state index is 9.33. The summed E-state index contributed by atoms with van der Waals surface area (Å²) in [6.45, 7) is 9.04. The number of aryl methyl sites for hydroxylation is 1. The molecule has 0 aliphatic rings. The maximum Gasteiger partial charge on any atom is 0.115 e. The van der Waals surface area contributed by atoms with Crippen LogP contribution in [0.2, 0.25) is 0 Å². The molecule has 4 nitrogen and oxygen atoms in total. The van der Waals surface area contributed by atoms with E-state index in [2.05, 4.69) is 28.7 Å². The molecule has 2 rings (SSSR count). The van der Waals surface area contributed by atoms with Crippen LogP contribution in [0.5, 0.6) is 5.75 Å². The van der Waals surface area contributed by atoms with E-state index < -0.39 is 0 Å². The fraction of sp³-hybridized carbons (Fsp3) is 0.438. The highest BCUT2D eigenvalue weighted by Crippen LogP contribution is 2.13. The van der Waals surface area contributed by atoms with Crippen LogP contribution in [0.1, 0.15) is 30.9 Å². The van der Waals surface area contributed by atoms with Gasteiger partial charge in [0, 0.05) is 19.3 Å². The Morgan fingerprint density at radius 1 is 1.25 bits per heavy atom. The summed E-state index contributed by atoms with van der Waals surface area (Å²) < 4.78 is 2.21. The number of aromatic nitrogens is 2. The third kappa shape index (κ3) is 3.84. The van der Waals surface area contributed by atoms with E-state index in [9.17, 15) is 5.11 Å². The standard InChI is InChI=1S/C16H23N3O/c1-12(2)8-17-9-15-10-18-13(3)19(15)11-14-4-6-16(20)7-5-14/h4-7,10,12,17,20H,8-9,11H2,1-3H3. The van der Waals surface area contributed by atoms with E-state index >= 15 is 0 Å². The number of phenols is 1. The third-order valence-corrected chi connectivity index (χ3v) is 3.27. The van der Waals surface area contributed by atoms with Gasteiger partial charge in [0.1, 0.15) is 11.6 Å². The van der Waals surface area contributed by atoms with E-state index in [4.69, 9.17) is 0 Å². The number of hydrogen-bond donors (Lipinski definition) is 2. The van der Waals surface area contributed by atoms with Gasteiger partial charge in [-0.15, -0.1) is 0 Å². The summed E-state index contributed by atoms with van der Waals surface area (Å²) in [4.78, 5) is 4.40. The van der Waals surface area contributed by atoms with Gasteiger partial charge in [-0.1, -0.05) is 26.0 Å². The van der Waals surface area contributed by atoms with E-state index in [0.29, 0.717) is 11.7 Å². The van der Waals surface area contributed by atoms with Gasteiger partial charge in [-0.2, -0.15) is 0 Å². The molecule has 4 heteroatoms. The molecular formula is C16H23N3O. The molecule has 0 amide bonds. The monoisotopic (exact) mass is 273 g/mol. The smallest absolute Gasteiger partial charge is 0.115 e. The quantitative estimate of drug-likeness (QED) is 0.851. The van der Waals surface area contributed by atoms with Gasteiger partial charge in [-0.25, -0.2) is 4.98 Å². The predicted molar refractivity (Wildman–Crippen MR) is 80.7 cm³/mol. The lowest BCUT2D eigenvalue weighted by Gasteiger charge is -2.12. The van der Waals surface area contributed by atoms with Crippen LogP contribution in [0.15, 0.2) is 30.5 Å². The first-order chi connectivity index (χ1) is 9.56. The number of hydrogen-bond acceptors (Lipinski definition) is 3. The van der Waals surface area contributed by atoms with E-state index in [1.54, 1.807) is 12.1 Å². The molecule has 1 heterocycles. The maximum atomic E-state index is 9.33. The fourth-order valence-corrected chi connectivity index (χ4v) is 2.15. The van der Waals surface area contributed by atoms with E-state index in [1.807, 2.05) is 25.3 Å². The summed E-state index contributed by atoms with van der Waals surface area (Å²) in [5.74, 6) is 1.96. The van der Waals surface area contributed by atoms with Crippen molar-refractivity contribution in [1.29, 1.82) is 0 Å². The van der Waals surface area contributed by atoms with Crippen LogP contribution < -0.4 is 5.32 Å². The molecule has 0 saturated heterocycles. The van der Waals surface area contributed by atoms with Crippen molar-refractivity contribution in [3.8, 4) is 5.75 Å². The van der Waals surface area contributed by atoms with Gasteiger partial charge in [0.15, 0.2) is 0 Å². The molecular weight excluding hydrogens is 250 g/mol. The van der Waals surface area contributed by atoms with Crippen molar-refractivity contribution in [2.45, 2.75) is 33.9 Å². The van der Waals surface area contributed by atoms with Crippen molar-refractivity contribution in [3.63, 3.8) is 0 Å². The van der Waals surface area contributed by atoms with Crippen molar-refractivity contribution in [2.24, 2.45) is 5.92 Å². The Labute approximate surface area is 120 Å². The van der Waals surface area contributed by atoms with E-state index in [1.165, 1.54) is 5.69 Å². The van der Waals surface area contributed by atoms with Crippen LogP contribution in [0.4, 0.5) is 0 Å². The number of benzene rings is 1. The molecule has 0 bridgehead atoms. The van der Waals surface area contributed by atoms with Gasteiger partial charge >= 0.3 is 0 Å². The van der Waals surface area contributed by atoms with Crippen molar-refractivity contribution in [3.05, 3.63) is 47.5 Å². The van der Waals surface area contributed by atoms with E-state index in [-0.39, 0.29) is 0 Å². The van der Waals surface area contributed by atoms with Crippen LogP contribution in [0, 0.1) is 12.8 Å². The molecule has 0 fully saturated rings. The minimum atomic E-state index is 0.301. The molecule has 1 aromatic heterocycles. The van der Waals surface area contributed by atoms with Crippen LogP contribution in [-0.2, 0) is 13.1 Å². The minimum Gasteiger partial charge on any atom is -0.508 e. The molecule has 0 radical (unpaired) electrons. The summed E-state index contributed by atoms with van der Waals surface area (Å²) in [6, 6.07) is 7.33. The van der Waals surface area contributed by atoms with Gasteiger partial charge in [-0.05, 0) is 37.1 Å². The normalized spacial score (nSPS) is 11.2. The van der Waals surface area contributed by atoms with Crippen LogP contribution in [0.3, 0.4) is 0 Å². The van der Waals surface area contributed by atoms with Crippen LogP contribution in [0.25, 0.3) is 0 Å². The van der Waals surface area contributed by atoms with Crippen molar-refractivity contribution < 1.29 is 5.11 Å².